The fourth-order valence-electron chi connectivity index (χ4n) is 1.93. The average molecular weight is 245 g/mol. The minimum Gasteiger partial charge on any atom is -0.315 e. The van der Waals surface area contributed by atoms with Crippen molar-refractivity contribution in [3.8, 4) is 0 Å². The number of benzene rings is 1. The van der Waals surface area contributed by atoms with E-state index in [-0.39, 0.29) is 5.56 Å². The van der Waals surface area contributed by atoms with Gasteiger partial charge in [0.15, 0.2) is 0 Å². The van der Waals surface area contributed by atoms with E-state index in [1.165, 1.54) is 6.20 Å². The van der Waals surface area contributed by atoms with Gasteiger partial charge in [-0.3, -0.25) is 4.79 Å². The van der Waals surface area contributed by atoms with Gasteiger partial charge in [0.05, 0.1) is 17.2 Å². The van der Waals surface area contributed by atoms with Gasteiger partial charge in [-0.15, -0.1) is 0 Å². The van der Waals surface area contributed by atoms with E-state index in [1.807, 2.05) is 24.3 Å². The highest BCUT2D eigenvalue weighted by Crippen LogP contribution is 2.07. The molecule has 18 heavy (non-hydrogen) atoms. The van der Waals surface area contributed by atoms with Crippen LogP contribution in [0, 0.1) is 5.92 Å². The molecule has 4 nitrogen and oxygen atoms in total. The highest BCUT2D eigenvalue weighted by Gasteiger charge is 2.03. The number of nitrogens with one attached hydrogen (secondary N) is 1. The van der Waals surface area contributed by atoms with E-state index in [1.54, 1.807) is 4.57 Å². The number of aromatic nitrogens is 2. The Morgan fingerprint density at radius 1 is 1.33 bits per heavy atom. The van der Waals surface area contributed by atoms with Crippen LogP contribution >= 0.6 is 0 Å². The second-order valence-corrected chi connectivity index (χ2v) is 4.83. The van der Waals surface area contributed by atoms with Crippen LogP contribution in [0.3, 0.4) is 0 Å². The van der Waals surface area contributed by atoms with E-state index in [0.29, 0.717) is 12.5 Å². The van der Waals surface area contributed by atoms with Crippen molar-refractivity contribution in [1.29, 1.82) is 0 Å². The topological polar surface area (TPSA) is 46.9 Å². The van der Waals surface area contributed by atoms with Gasteiger partial charge >= 0.3 is 0 Å². The van der Waals surface area contributed by atoms with Gasteiger partial charge in [0.1, 0.15) is 0 Å². The van der Waals surface area contributed by atoms with Crippen LogP contribution in [-0.2, 0) is 6.54 Å². The summed E-state index contributed by atoms with van der Waals surface area (Å²) < 4.78 is 1.77. The molecule has 0 aliphatic carbocycles. The Labute approximate surface area is 107 Å². The maximum Gasteiger partial charge on any atom is 0.269 e. The monoisotopic (exact) mass is 245 g/mol. The van der Waals surface area contributed by atoms with E-state index in [9.17, 15) is 4.79 Å². The standard InChI is InChI=1S/C14H19N3O/c1-11(2)9-15-7-8-17-13-6-4-3-5-12(13)16-10-14(17)18/h3-6,10-11,15H,7-9H2,1-2H3. The molecule has 0 bridgehead atoms. The predicted octanol–water partition coefficient (Wildman–Crippen LogP) is 1.64. The van der Waals surface area contributed by atoms with Crippen molar-refractivity contribution < 1.29 is 0 Å². The molecule has 0 aliphatic rings. The third-order valence-corrected chi connectivity index (χ3v) is 2.82. The first-order valence-corrected chi connectivity index (χ1v) is 6.34. The summed E-state index contributed by atoms with van der Waals surface area (Å²) in [5, 5.41) is 3.35. The Kier molecular flexibility index (Phi) is 4.10. The fourth-order valence-corrected chi connectivity index (χ4v) is 1.93. The van der Waals surface area contributed by atoms with E-state index in [2.05, 4.69) is 24.1 Å². The van der Waals surface area contributed by atoms with E-state index < -0.39 is 0 Å². The molecule has 0 saturated carbocycles. The van der Waals surface area contributed by atoms with E-state index in [0.717, 1.165) is 24.1 Å². The van der Waals surface area contributed by atoms with Crippen LogP contribution in [0.5, 0.6) is 0 Å². The summed E-state index contributed by atoms with van der Waals surface area (Å²) in [6.07, 6.45) is 1.39. The van der Waals surface area contributed by atoms with Gasteiger partial charge in [0.25, 0.3) is 5.56 Å². The number of rotatable bonds is 5. The quantitative estimate of drug-likeness (QED) is 0.815. The smallest absolute Gasteiger partial charge is 0.269 e. The van der Waals surface area contributed by atoms with Crippen LogP contribution in [0.1, 0.15) is 13.8 Å². The zero-order valence-corrected chi connectivity index (χ0v) is 10.9. The second kappa shape index (κ2) is 5.78. The van der Waals surface area contributed by atoms with E-state index >= 15 is 0 Å². The van der Waals surface area contributed by atoms with Crippen LogP contribution in [0.15, 0.2) is 35.3 Å². The van der Waals surface area contributed by atoms with Crippen molar-refractivity contribution in [2.24, 2.45) is 5.92 Å². The first-order valence-electron chi connectivity index (χ1n) is 6.34. The Bertz CT molecular complexity index is 575. The molecule has 0 fully saturated rings. The number of nitrogens with zero attached hydrogens (tertiary/aromatic N) is 2. The largest absolute Gasteiger partial charge is 0.315 e. The summed E-state index contributed by atoms with van der Waals surface area (Å²) in [5.74, 6) is 0.621. The lowest BCUT2D eigenvalue weighted by atomic mass is 10.2. The second-order valence-electron chi connectivity index (χ2n) is 4.83. The van der Waals surface area contributed by atoms with Crippen molar-refractivity contribution >= 4 is 11.0 Å². The van der Waals surface area contributed by atoms with Gasteiger partial charge in [-0.1, -0.05) is 26.0 Å². The third kappa shape index (κ3) is 2.96. The van der Waals surface area contributed by atoms with Gasteiger partial charge < -0.3 is 9.88 Å². The summed E-state index contributed by atoms with van der Waals surface area (Å²) in [5.41, 5.74) is 1.72. The maximum atomic E-state index is 11.8. The van der Waals surface area contributed by atoms with Gasteiger partial charge in [-0.05, 0) is 24.6 Å². The van der Waals surface area contributed by atoms with Gasteiger partial charge in [-0.25, -0.2) is 4.98 Å². The minimum absolute atomic E-state index is 0.0416. The molecule has 2 aromatic rings. The number of fused-ring (bicyclic) bond motifs is 1. The van der Waals surface area contributed by atoms with Crippen LogP contribution in [0.25, 0.3) is 11.0 Å². The lowest BCUT2D eigenvalue weighted by Crippen LogP contribution is -2.29. The minimum atomic E-state index is -0.0416. The molecule has 0 spiro atoms. The summed E-state index contributed by atoms with van der Waals surface area (Å²) in [6.45, 7) is 6.78. The zero-order chi connectivity index (χ0) is 13.0. The van der Waals surface area contributed by atoms with Crippen molar-refractivity contribution in [1.82, 2.24) is 14.9 Å². The number of hydrogen-bond donors (Lipinski definition) is 1. The van der Waals surface area contributed by atoms with Crippen LogP contribution < -0.4 is 10.9 Å². The molecule has 0 atom stereocenters. The zero-order valence-electron chi connectivity index (χ0n) is 10.9. The first kappa shape index (κ1) is 12.8. The molecule has 1 N–H and O–H groups in total. The number of hydrogen-bond acceptors (Lipinski definition) is 3. The molecule has 4 heteroatoms. The highest BCUT2D eigenvalue weighted by atomic mass is 16.1. The molecule has 0 saturated heterocycles. The summed E-state index contributed by atoms with van der Waals surface area (Å²) in [6, 6.07) is 7.72. The van der Waals surface area contributed by atoms with Crippen LogP contribution in [0.2, 0.25) is 0 Å². The Morgan fingerprint density at radius 2 is 2.11 bits per heavy atom. The Balaban J connectivity index is 2.16. The molecule has 1 aromatic carbocycles. The molecule has 0 unspecified atom stereocenters. The average Bonchev–Trinajstić information content (AvgIpc) is 2.36. The maximum absolute atomic E-state index is 11.8. The normalized spacial score (nSPS) is 11.3. The molecular formula is C14H19N3O. The van der Waals surface area contributed by atoms with Crippen molar-refractivity contribution in [3.63, 3.8) is 0 Å². The molecule has 0 amide bonds. The third-order valence-electron chi connectivity index (χ3n) is 2.82. The van der Waals surface area contributed by atoms with Crippen molar-refractivity contribution in [2.45, 2.75) is 20.4 Å². The lowest BCUT2D eigenvalue weighted by Gasteiger charge is -2.11. The van der Waals surface area contributed by atoms with Crippen molar-refractivity contribution in [2.75, 3.05) is 13.1 Å². The summed E-state index contributed by atoms with van der Waals surface area (Å²) in [4.78, 5) is 16.0. The molecular weight excluding hydrogens is 226 g/mol. The SMILES string of the molecule is CC(C)CNCCn1c(=O)cnc2ccccc21. The summed E-state index contributed by atoms with van der Waals surface area (Å²) >= 11 is 0. The summed E-state index contributed by atoms with van der Waals surface area (Å²) in [7, 11) is 0. The molecule has 1 heterocycles. The predicted molar refractivity (Wildman–Crippen MR) is 73.7 cm³/mol. The van der Waals surface area contributed by atoms with Crippen LogP contribution in [-0.4, -0.2) is 22.6 Å². The van der Waals surface area contributed by atoms with Crippen LogP contribution in [0.4, 0.5) is 0 Å². The highest BCUT2D eigenvalue weighted by molar-refractivity contribution is 5.74. The Morgan fingerprint density at radius 3 is 2.89 bits per heavy atom. The molecule has 2 rings (SSSR count). The van der Waals surface area contributed by atoms with Gasteiger partial charge in [0, 0.05) is 13.1 Å². The molecule has 0 radical (unpaired) electrons. The van der Waals surface area contributed by atoms with Gasteiger partial charge in [0.2, 0.25) is 0 Å². The first-order chi connectivity index (χ1) is 8.68. The Hall–Kier alpha value is -1.68. The molecule has 0 aliphatic heterocycles. The fraction of sp³-hybridized carbons (Fsp3) is 0.429. The molecule has 1 aromatic heterocycles. The van der Waals surface area contributed by atoms with Crippen molar-refractivity contribution in [3.05, 3.63) is 40.8 Å². The molecule has 96 valence electrons. The number of para-hydroxylation sites is 2. The lowest BCUT2D eigenvalue weighted by molar-refractivity contribution is 0.524. The van der Waals surface area contributed by atoms with E-state index in [4.69, 9.17) is 0 Å². The van der Waals surface area contributed by atoms with Gasteiger partial charge in [-0.2, -0.15) is 0 Å².